The van der Waals surface area contributed by atoms with E-state index in [1.165, 1.54) is 0 Å². The zero-order valence-electron chi connectivity index (χ0n) is 21.3. The highest BCUT2D eigenvalue weighted by Crippen LogP contribution is 2.32. The van der Waals surface area contributed by atoms with Crippen molar-refractivity contribution in [2.45, 2.75) is 33.6 Å². The minimum absolute atomic E-state index is 0.144. The largest absolute Gasteiger partial charge is 0.484 e. The number of imide groups is 1. The van der Waals surface area contributed by atoms with Gasteiger partial charge in [-0.3, -0.25) is 24.1 Å². The Morgan fingerprint density at radius 1 is 1.05 bits per heavy atom. The number of anilines is 1. The summed E-state index contributed by atoms with van der Waals surface area (Å²) in [4.78, 5) is 53.1. The monoisotopic (exact) mass is 521 g/mol. The van der Waals surface area contributed by atoms with Gasteiger partial charge in [-0.1, -0.05) is 25.1 Å². The number of carbonyl (C=O) groups excluding carboxylic acids is 4. The highest BCUT2D eigenvalue weighted by Gasteiger charge is 2.37. The molecule has 0 spiro atoms. The number of nitrogens with one attached hydrogen (secondary N) is 1. The summed E-state index contributed by atoms with van der Waals surface area (Å²) in [6.45, 7) is 7.10. The van der Waals surface area contributed by atoms with Crippen molar-refractivity contribution in [2.75, 3.05) is 31.6 Å². The fraction of sp³-hybridized carbons (Fsp3) is 0.357. The Bertz CT molecular complexity index is 1230. The first-order chi connectivity index (χ1) is 17.7. The lowest BCUT2D eigenvalue weighted by atomic mass is 9.99. The Kier molecular flexibility index (Phi) is 8.33. The van der Waals surface area contributed by atoms with Gasteiger partial charge in [0, 0.05) is 18.8 Å². The van der Waals surface area contributed by atoms with Gasteiger partial charge in [-0.05, 0) is 91.4 Å². The standard InChI is InChI=1S/C28H31N3O5S/c1-18-10-12-30(13-11-18)26(33)16-31-27(34)24(37-28(31)35)15-21-5-8-23(9-6-21)36-17-25(32)29-22-7-4-19(2)20(3)14-22/h4-9,14-15,18H,10-13,16-17H2,1-3H3,(H,29,32)/b24-15-. The summed E-state index contributed by atoms with van der Waals surface area (Å²) in [6, 6.07) is 12.6. The molecule has 2 aliphatic heterocycles. The van der Waals surface area contributed by atoms with Crippen LogP contribution in [0.25, 0.3) is 6.08 Å². The molecular weight excluding hydrogens is 490 g/mol. The number of carbonyl (C=O) groups is 4. The van der Waals surface area contributed by atoms with E-state index >= 15 is 0 Å². The van der Waals surface area contributed by atoms with Crippen molar-refractivity contribution in [1.82, 2.24) is 9.80 Å². The second kappa shape index (κ2) is 11.6. The molecule has 2 fully saturated rings. The molecule has 37 heavy (non-hydrogen) atoms. The quantitative estimate of drug-likeness (QED) is 0.535. The van der Waals surface area contributed by atoms with Crippen LogP contribution in [-0.4, -0.2) is 59.0 Å². The second-order valence-electron chi connectivity index (χ2n) is 9.54. The summed E-state index contributed by atoms with van der Waals surface area (Å²) in [5, 5.41) is 2.37. The predicted molar refractivity (Wildman–Crippen MR) is 144 cm³/mol. The van der Waals surface area contributed by atoms with E-state index in [2.05, 4.69) is 12.2 Å². The Hall–Kier alpha value is -3.59. The summed E-state index contributed by atoms with van der Waals surface area (Å²) in [7, 11) is 0. The van der Waals surface area contributed by atoms with Crippen LogP contribution in [0.5, 0.6) is 5.75 Å². The third-order valence-corrected chi connectivity index (χ3v) is 7.55. The van der Waals surface area contributed by atoms with Gasteiger partial charge < -0.3 is 15.0 Å². The zero-order valence-corrected chi connectivity index (χ0v) is 22.1. The fourth-order valence-electron chi connectivity index (χ4n) is 4.11. The molecule has 8 nitrogen and oxygen atoms in total. The highest BCUT2D eigenvalue weighted by molar-refractivity contribution is 8.18. The number of amides is 4. The number of thioether (sulfide) groups is 1. The molecule has 2 aromatic rings. The third kappa shape index (κ3) is 6.80. The maximum Gasteiger partial charge on any atom is 0.294 e. The molecule has 0 saturated carbocycles. The van der Waals surface area contributed by atoms with Gasteiger partial charge in [0.2, 0.25) is 5.91 Å². The van der Waals surface area contributed by atoms with E-state index in [1.54, 1.807) is 35.2 Å². The Labute approximate surface area is 221 Å². The third-order valence-electron chi connectivity index (χ3n) is 6.64. The number of likely N-dealkylation sites (tertiary alicyclic amines) is 1. The number of nitrogens with zero attached hydrogens (tertiary/aromatic N) is 2. The van der Waals surface area contributed by atoms with E-state index in [4.69, 9.17) is 4.74 Å². The van der Waals surface area contributed by atoms with Crippen molar-refractivity contribution in [3.05, 3.63) is 64.1 Å². The van der Waals surface area contributed by atoms with Gasteiger partial charge in [-0.2, -0.15) is 0 Å². The summed E-state index contributed by atoms with van der Waals surface area (Å²) < 4.78 is 5.57. The number of piperidine rings is 1. The molecule has 0 unspecified atom stereocenters. The van der Waals surface area contributed by atoms with E-state index in [1.807, 2.05) is 32.0 Å². The number of hydrogen-bond acceptors (Lipinski definition) is 6. The lowest BCUT2D eigenvalue weighted by molar-refractivity contribution is -0.136. The van der Waals surface area contributed by atoms with Crippen LogP contribution in [-0.2, 0) is 14.4 Å². The van der Waals surface area contributed by atoms with Crippen molar-refractivity contribution < 1.29 is 23.9 Å². The van der Waals surface area contributed by atoms with Crippen LogP contribution in [0.3, 0.4) is 0 Å². The Morgan fingerprint density at radius 2 is 1.76 bits per heavy atom. The molecule has 194 valence electrons. The van der Waals surface area contributed by atoms with Gasteiger partial charge in [0.15, 0.2) is 6.61 Å². The summed E-state index contributed by atoms with van der Waals surface area (Å²) in [5.41, 5.74) is 3.66. The lowest BCUT2D eigenvalue weighted by Gasteiger charge is -2.31. The first kappa shape index (κ1) is 26.5. The van der Waals surface area contributed by atoms with Gasteiger partial charge >= 0.3 is 0 Å². The average molecular weight is 522 g/mol. The summed E-state index contributed by atoms with van der Waals surface area (Å²) >= 11 is 0.830. The second-order valence-corrected chi connectivity index (χ2v) is 10.5. The van der Waals surface area contributed by atoms with Crippen molar-refractivity contribution in [2.24, 2.45) is 5.92 Å². The number of ether oxygens (including phenoxy) is 1. The van der Waals surface area contributed by atoms with Crippen LogP contribution in [0.4, 0.5) is 10.5 Å². The van der Waals surface area contributed by atoms with E-state index in [0.717, 1.165) is 40.6 Å². The van der Waals surface area contributed by atoms with Crippen LogP contribution in [0.2, 0.25) is 0 Å². The molecular formula is C28H31N3O5S. The number of hydrogen-bond donors (Lipinski definition) is 1. The number of benzene rings is 2. The average Bonchev–Trinajstić information content (AvgIpc) is 3.13. The molecule has 2 heterocycles. The molecule has 4 rings (SSSR count). The number of rotatable bonds is 7. The Balaban J connectivity index is 1.30. The molecule has 2 aromatic carbocycles. The smallest absolute Gasteiger partial charge is 0.294 e. The number of aryl methyl sites for hydroxylation is 2. The van der Waals surface area contributed by atoms with Gasteiger partial charge in [0.05, 0.1) is 4.91 Å². The van der Waals surface area contributed by atoms with Crippen LogP contribution in [0.15, 0.2) is 47.4 Å². The molecule has 2 saturated heterocycles. The van der Waals surface area contributed by atoms with E-state index in [0.29, 0.717) is 36.0 Å². The van der Waals surface area contributed by atoms with Crippen LogP contribution < -0.4 is 10.1 Å². The lowest BCUT2D eigenvalue weighted by Crippen LogP contribution is -2.45. The normalized spacial score (nSPS) is 17.4. The molecule has 1 N–H and O–H groups in total. The minimum Gasteiger partial charge on any atom is -0.484 e. The SMILES string of the molecule is Cc1ccc(NC(=O)COc2ccc(/C=C3\SC(=O)N(CC(=O)N4CCC(C)CC4)C3=O)cc2)cc1C. The first-order valence-corrected chi connectivity index (χ1v) is 13.1. The Morgan fingerprint density at radius 3 is 2.43 bits per heavy atom. The highest BCUT2D eigenvalue weighted by atomic mass is 32.2. The minimum atomic E-state index is -0.461. The first-order valence-electron chi connectivity index (χ1n) is 12.3. The van der Waals surface area contributed by atoms with E-state index in [-0.39, 0.29) is 29.9 Å². The van der Waals surface area contributed by atoms with Crippen LogP contribution in [0, 0.1) is 19.8 Å². The summed E-state index contributed by atoms with van der Waals surface area (Å²) in [6.07, 6.45) is 3.49. The van der Waals surface area contributed by atoms with E-state index < -0.39 is 11.1 Å². The molecule has 0 aromatic heterocycles. The molecule has 2 aliphatic rings. The molecule has 0 bridgehead atoms. The molecule has 9 heteroatoms. The predicted octanol–water partition coefficient (Wildman–Crippen LogP) is 4.62. The molecule has 0 atom stereocenters. The van der Waals surface area contributed by atoms with Crippen molar-refractivity contribution in [3.63, 3.8) is 0 Å². The van der Waals surface area contributed by atoms with Gasteiger partial charge in [0.25, 0.3) is 17.1 Å². The van der Waals surface area contributed by atoms with Crippen molar-refractivity contribution >= 4 is 46.5 Å². The van der Waals surface area contributed by atoms with Crippen molar-refractivity contribution in [1.29, 1.82) is 0 Å². The molecule has 0 radical (unpaired) electrons. The van der Waals surface area contributed by atoms with Crippen molar-refractivity contribution in [3.8, 4) is 5.75 Å². The zero-order chi connectivity index (χ0) is 26.5. The van der Waals surface area contributed by atoms with Gasteiger partial charge in [0.1, 0.15) is 12.3 Å². The van der Waals surface area contributed by atoms with Gasteiger partial charge in [-0.15, -0.1) is 0 Å². The fourth-order valence-corrected chi connectivity index (χ4v) is 4.94. The van der Waals surface area contributed by atoms with Gasteiger partial charge in [-0.25, -0.2) is 0 Å². The maximum absolute atomic E-state index is 12.8. The maximum atomic E-state index is 12.8. The van der Waals surface area contributed by atoms with Crippen LogP contribution >= 0.6 is 11.8 Å². The molecule has 0 aliphatic carbocycles. The van der Waals surface area contributed by atoms with E-state index in [9.17, 15) is 19.2 Å². The molecule has 4 amide bonds. The summed E-state index contributed by atoms with van der Waals surface area (Å²) in [5.74, 6) is 0.160. The topological polar surface area (TPSA) is 96.0 Å². The van der Waals surface area contributed by atoms with Crippen LogP contribution in [0.1, 0.15) is 36.5 Å².